The first kappa shape index (κ1) is 13.0. The van der Waals surface area contributed by atoms with Gasteiger partial charge in [-0.15, -0.1) is 0 Å². The van der Waals surface area contributed by atoms with Crippen molar-refractivity contribution >= 4 is 5.78 Å². The average molecular weight is 270 g/mol. The zero-order valence-corrected chi connectivity index (χ0v) is 11.0. The van der Waals surface area contributed by atoms with Crippen LogP contribution in [0, 0.1) is 5.82 Å². The van der Waals surface area contributed by atoms with Gasteiger partial charge in [0.2, 0.25) is 0 Å². The maximum Gasteiger partial charge on any atom is 0.194 e. The molecule has 0 heterocycles. The summed E-state index contributed by atoms with van der Waals surface area (Å²) in [4.78, 5) is 12.5. The molecule has 0 aromatic heterocycles. The highest BCUT2D eigenvalue weighted by Gasteiger charge is 2.40. The number of aryl methyl sites for hydroxylation is 1. The molecule has 2 nitrogen and oxygen atoms in total. The minimum Gasteiger partial charge on any atom is -0.381 e. The first-order valence-electron chi connectivity index (χ1n) is 6.68. The van der Waals surface area contributed by atoms with Crippen LogP contribution in [0.5, 0.6) is 0 Å². The van der Waals surface area contributed by atoms with Crippen molar-refractivity contribution in [2.24, 2.45) is 0 Å². The van der Waals surface area contributed by atoms with E-state index in [1.165, 1.54) is 12.1 Å². The van der Waals surface area contributed by atoms with Crippen molar-refractivity contribution in [2.45, 2.75) is 24.9 Å². The molecule has 1 aliphatic carbocycles. The fourth-order valence-electron chi connectivity index (χ4n) is 2.77. The lowest BCUT2D eigenvalue weighted by Gasteiger charge is -2.32. The Morgan fingerprint density at radius 3 is 2.55 bits per heavy atom. The van der Waals surface area contributed by atoms with E-state index < -0.39 is 5.60 Å². The fourth-order valence-corrected chi connectivity index (χ4v) is 2.77. The van der Waals surface area contributed by atoms with Crippen LogP contribution in [0.25, 0.3) is 0 Å². The Morgan fingerprint density at radius 1 is 1.10 bits per heavy atom. The normalized spacial score (nSPS) is 21.6. The summed E-state index contributed by atoms with van der Waals surface area (Å²) in [7, 11) is 0. The summed E-state index contributed by atoms with van der Waals surface area (Å²) in [6.07, 6.45) is 1.31. The Morgan fingerprint density at radius 2 is 1.80 bits per heavy atom. The number of hydrogen-bond acceptors (Lipinski definition) is 2. The van der Waals surface area contributed by atoms with Gasteiger partial charge in [0.15, 0.2) is 5.78 Å². The van der Waals surface area contributed by atoms with Crippen LogP contribution in [0.4, 0.5) is 4.39 Å². The Balaban J connectivity index is 1.90. The molecule has 2 aromatic rings. The van der Waals surface area contributed by atoms with Crippen molar-refractivity contribution in [1.29, 1.82) is 0 Å². The van der Waals surface area contributed by atoms with Crippen LogP contribution >= 0.6 is 0 Å². The molecule has 0 saturated heterocycles. The van der Waals surface area contributed by atoms with Crippen LogP contribution in [0.1, 0.15) is 27.9 Å². The fraction of sp³-hybridized carbons (Fsp3) is 0.235. The molecular formula is C17H15FO2. The molecular weight excluding hydrogens is 255 g/mol. The van der Waals surface area contributed by atoms with Gasteiger partial charge in [0.25, 0.3) is 0 Å². The third-order valence-corrected chi connectivity index (χ3v) is 3.90. The third kappa shape index (κ3) is 2.25. The van der Waals surface area contributed by atoms with Crippen molar-refractivity contribution in [3.63, 3.8) is 0 Å². The van der Waals surface area contributed by atoms with E-state index in [0.29, 0.717) is 18.4 Å². The summed E-state index contributed by atoms with van der Waals surface area (Å²) >= 11 is 0. The highest BCUT2D eigenvalue weighted by atomic mass is 19.1. The molecule has 1 unspecified atom stereocenters. The van der Waals surface area contributed by atoms with Crippen LogP contribution in [0.15, 0.2) is 48.5 Å². The zero-order chi connectivity index (χ0) is 14.2. The van der Waals surface area contributed by atoms with Gasteiger partial charge in [-0.3, -0.25) is 4.79 Å². The van der Waals surface area contributed by atoms with Gasteiger partial charge in [-0.2, -0.15) is 0 Å². The number of benzene rings is 2. The van der Waals surface area contributed by atoms with Crippen LogP contribution < -0.4 is 0 Å². The molecule has 102 valence electrons. The molecule has 0 bridgehead atoms. The minimum absolute atomic E-state index is 0.223. The van der Waals surface area contributed by atoms with E-state index >= 15 is 0 Å². The maximum atomic E-state index is 12.9. The number of hydrogen-bond donors (Lipinski definition) is 1. The third-order valence-electron chi connectivity index (χ3n) is 3.90. The van der Waals surface area contributed by atoms with Gasteiger partial charge >= 0.3 is 0 Å². The number of aliphatic hydroxyl groups is 1. The molecule has 0 aliphatic heterocycles. The molecule has 0 saturated carbocycles. The standard InChI is InChI=1S/C17H15FO2/c18-14-7-5-12(6-8-14)11-17(20)10-9-13-3-1-2-4-15(13)16(17)19/h1-8,20H,9-11H2. The molecule has 20 heavy (non-hydrogen) atoms. The van der Waals surface area contributed by atoms with Gasteiger partial charge in [0, 0.05) is 12.0 Å². The van der Waals surface area contributed by atoms with E-state index in [0.717, 1.165) is 11.1 Å². The second kappa shape index (κ2) is 4.84. The molecule has 3 rings (SSSR count). The van der Waals surface area contributed by atoms with Crippen molar-refractivity contribution < 1.29 is 14.3 Å². The number of carbonyl (C=O) groups excluding carboxylic acids is 1. The van der Waals surface area contributed by atoms with Crippen molar-refractivity contribution in [1.82, 2.24) is 0 Å². The number of rotatable bonds is 2. The topological polar surface area (TPSA) is 37.3 Å². The summed E-state index contributed by atoms with van der Waals surface area (Å²) in [5.41, 5.74) is 0.970. The summed E-state index contributed by atoms with van der Waals surface area (Å²) in [5.74, 6) is -0.551. The first-order chi connectivity index (χ1) is 9.58. The largest absolute Gasteiger partial charge is 0.381 e. The number of ketones is 1. The quantitative estimate of drug-likeness (QED) is 0.911. The second-order valence-corrected chi connectivity index (χ2v) is 5.32. The van der Waals surface area contributed by atoms with Crippen LogP contribution in [-0.2, 0) is 12.8 Å². The smallest absolute Gasteiger partial charge is 0.194 e. The van der Waals surface area contributed by atoms with Gasteiger partial charge in [0.1, 0.15) is 11.4 Å². The number of fused-ring (bicyclic) bond motifs is 1. The van der Waals surface area contributed by atoms with Gasteiger partial charge in [0.05, 0.1) is 0 Å². The lowest BCUT2D eigenvalue weighted by molar-refractivity contribution is 0.0245. The van der Waals surface area contributed by atoms with E-state index in [9.17, 15) is 14.3 Å². The summed E-state index contributed by atoms with van der Waals surface area (Å²) in [6, 6.07) is 13.3. The number of Topliss-reactive ketones (excluding diaryl/α,β-unsaturated/α-hetero) is 1. The predicted molar refractivity (Wildman–Crippen MR) is 74.1 cm³/mol. The minimum atomic E-state index is -1.38. The van der Waals surface area contributed by atoms with Crippen LogP contribution in [-0.4, -0.2) is 16.5 Å². The molecule has 1 atom stereocenters. The van der Waals surface area contributed by atoms with Crippen LogP contribution in [0.2, 0.25) is 0 Å². The van der Waals surface area contributed by atoms with Crippen LogP contribution in [0.3, 0.4) is 0 Å². The predicted octanol–water partition coefficient (Wildman–Crippen LogP) is 2.93. The van der Waals surface area contributed by atoms with E-state index in [1.54, 1.807) is 24.3 Å². The molecule has 1 aliphatic rings. The molecule has 1 N–H and O–H groups in total. The summed E-state index contributed by atoms with van der Waals surface area (Å²) in [5, 5.41) is 10.7. The monoisotopic (exact) mass is 270 g/mol. The molecule has 2 aromatic carbocycles. The molecule has 3 heteroatoms. The molecule has 0 amide bonds. The molecule has 0 radical (unpaired) electrons. The van der Waals surface area contributed by atoms with E-state index in [4.69, 9.17) is 0 Å². The Labute approximate surface area is 116 Å². The SMILES string of the molecule is O=C1c2ccccc2CCC1(O)Cc1ccc(F)cc1. The first-order valence-corrected chi connectivity index (χ1v) is 6.68. The number of halogens is 1. The Bertz CT molecular complexity index is 648. The molecule has 0 fully saturated rings. The second-order valence-electron chi connectivity index (χ2n) is 5.32. The summed E-state index contributed by atoms with van der Waals surface area (Å²) in [6.45, 7) is 0. The molecule has 0 spiro atoms. The lowest BCUT2D eigenvalue weighted by Crippen LogP contribution is -2.44. The lowest BCUT2D eigenvalue weighted by atomic mass is 9.76. The van der Waals surface area contributed by atoms with Gasteiger partial charge in [-0.1, -0.05) is 36.4 Å². The average Bonchev–Trinajstić information content (AvgIpc) is 2.46. The van der Waals surface area contributed by atoms with Crippen molar-refractivity contribution in [3.05, 3.63) is 71.0 Å². The summed E-state index contributed by atoms with van der Waals surface area (Å²) < 4.78 is 12.9. The Kier molecular flexibility index (Phi) is 3.14. The van der Waals surface area contributed by atoms with E-state index in [-0.39, 0.29) is 18.0 Å². The number of carbonyl (C=O) groups is 1. The van der Waals surface area contributed by atoms with Gasteiger partial charge in [-0.25, -0.2) is 4.39 Å². The maximum absolute atomic E-state index is 12.9. The highest BCUT2D eigenvalue weighted by Crippen LogP contribution is 2.31. The van der Waals surface area contributed by atoms with E-state index in [2.05, 4.69) is 0 Å². The van der Waals surface area contributed by atoms with Gasteiger partial charge < -0.3 is 5.11 Å². The highest BCUT2D eigenvalue weighted by molar-refractivity contribution is 6.04. The van der Waals surface area contributed by atoms with Gasteiger partial charge in [-0.05, 0) is 36.1 Å². The zero-order valence-electron chi connectivity index (χ0n) is 11.0. The van der Waals surface area contributed by atoms with E-state index in [1.807, 2.05) is 12.1 Å². The van der Waals surface area contributed by atoms with Crippen molar-refractivity contribution in [3.8, 4) is 0 Å². The van der Waals surface area contributed by atoms with Crippen molar-refractivity contribution in [2.75, 3.05) is 0 Å². The Hall–Kier alpha value is -2.00.